The van der Waals surface area contributed by atoms with Crippen LogP contribution in [-0.2, 0) is 33.8 Å². The average molecular weight is 490 g/mol. The van der Waals surface area contributed by atoms with Gasteiger partial charge in [-0.05, 0) is 32.6 Å². The van der Waals surface area contributed by atoms with Crippen molar-refractivity contribution in [3.63, 3.8) is 0 Å². The third kappa shape index (κ3) is 6.02. The van der Waals surface area contributed by atoms with Crippen molar-refractivity contribution in [1.82, 2.24) is 24.4 Å². The Morgan fingerprint density at radius 2 is 1.71 bits per heavy atom. The van der Waals surface area contributed by atoms with Gasteiger partial charge in [0.2, 0.25) is 5.91 Å². The minimum Gasteiger partial charge on any atom is -0.464 e. The van der Waals surface area contributed by atoms with Gasteiger partial charge in [-0.2, -0.15) is 0 Å². The molecule has 0 aromatic carbocycles. The number of unbranched alkanes of at least 4 members (excludes halogenated alkanes) is 3. The zero-order valence-corrected chi connectivity index (χ0v) is 21.3. The molecule has 0 saturated heterocycles. The van der Waals surface area contributed by atoms with E-state index in [1.54, 1.807) is 6.92 Å². The molecular formula is C25H39N5O5. The van der Waals surface area contributed by atoms with E-state index in [1.807, 2.05) is 11.5 Å². The molecule has 0 spiro atoms. The van der Waals surface area contributed by atoms with Crippen molar-refractivity contribution in [3.8, 4) is 0 Å². The number of aromatic amines is 1. The minimum absolute atomic E-state index is 0.120. The van der Waals surface area contributed by atoms with Gasteiger partial charge in [0.15, 0.2) is 11.2 Å². The number of aromatic nitrogens is 4. The van der Waals surface area contributed by atoms with Gasteiger partial charge in [-0.15, -0.1) is 0 Å². The number of aryl methyl sites for hydroxylation is 3. The fraction of sp³-hybridized carbons (Fsp3) is 0.720. The molecule has 10 nitrogen and oxygen atoms in total. The molecule has 1 fully saturated rings. The monoisotopic (exact) mass is 489 g/mol. The van der Waals surface area contributed by atoms with Gasteiger partial charge < -0.3 is 14.6 Å². The fourth-order valence-electron chi connectivity index (χ4n) is 4.88. The Kier molecular flexibility index (Phi) is 9.28. The van der Waals surface area contributed by atoms with Gasteiger partial charge in [-0.3, -0.25) is 19.1 Å². The highest BCUT2D eigenvalue weighted by atomic mass is 16.5. The SMILES string of the molecule is CCCCCn1c(CCC(=O)NC2(C(=O)OCC)CCCC2)nc2c1c(=O)[nH]c(=O)n2CCCC. The van der Waals surface area contributed by atoms with Gasteiger partial charge in [-0.1, -0.05) is 46.0 Å². The molecule has 2 aromatic heterocycles. The summed E-state index contributed by atoms with van der Waals surface area (Å²) in [5.41, 5.74) is -1.11. The predicted octanol–water partition coefficient (Wildman–Crippen LogP) is 2.80. The summed E-state index contributed by atoms with van der Waals surface area (Å²) in [6.07, 6.45) is 7.87. The molecule has 35 heavy (non-hydrogen) atoms. The Morgan fingerprint density at radius 3 is 2.37 bits per heavy atom. The van der Waals surface area contributed by atoms with E-state index in [1.165, 1.54) is 4.57 Å². The molecule has 10 heteroatoms. The van der Waals surface area contributed by atoms with E-state index in [-0.39, 0.29) is 24.9 Å². The Labute approximate surface area is 205 Å². The Hall–Kier alpha value is -2.91. The molecule has 1 amide bonds. The van der Waals surface area contributed by atoms with Crippen molar-refractivity contribution < 1.29 is 14.3 Å². The number of H-pyrrole nitrogens is 1. The first-order valence-corrected chi connectivity index (χ1v) is 13.1. The Balaban J connectivity index is 1.88. The number of imidazole rings is 1. The summed E-state index contributed by atoms with van der Waals surface area (Å²) in [7, 11) is 0. The van der Waals surface area contributed by atoms with Crippen LogP contribution in [0.4, 0.5) is 0 Å². The third-order valence-electron chi connectivity index (χ3n) is 6.76. The van der Waals surface area contributed by atoms with Crippen LogP contribution in [0.25, 0.3) is 11.2 Å². The molecule has 2 heterocycles. The molecule has 1 saturated carbocycles. The fourth-order valence-corrected chi connectivity index (χ4v) is 4.88. The largest absolute Gasteiger partial charge is 0.464 e. The number of carbonyl (C=O) groups excluding carboxylic acids is 2. The number of carbonyl (C=O) groups is 2. The molecule has 0 aliphatic heterocycles. The number of hydrogen-bond donors (Lipinski definition) is 2. The molecule has 2 aromatic rings. The van der Waals surface area contributed by atoms with Crippen molar-refractivity contribution in [3.05, 3.63) is 26.7 Å². The van der Waals surface area contributed by atoms with Crippen LogP contribution >= 0.6 is 0 Å². The lowest BCUT2D eigenvalue weighted by Crippen LogP contribution is -2.53. The Bertz CT molecular complexity index is 1140. The number of esters is 1. The highest BCUT2D eigenvalue weighted by Crippen LogP contribution is 2.31. The van der Waals surface area contributed by atoms with Crippen LogP contribution in [0.1, 0.15) is 90.8 Å². The summed E-state index contributed by atoms with van der Waals surface area (Å²) in [6.45, 7) is 7.23. The van der Waals surface area contributed by atoms with Crippen LogP contribution in [0.15, 0.2) is 9.59 Å². The van der Waals surface area contributed by atoms with E-state index >= 15 is 0 Å². The van der Waals surface area contributed by atoms with E-state index in [0.717, 1.165) is 44.9 Å². The second kappa shape index (κ2) is 12.2. The van der Waals surface area contributed by atoms with Crippen LogP contribution in [-0.4, -0.2) is 43.1 Å². The maximum absolute atomic E-state index is 12.9. The molecule has 1 aliphatic carbocycles. The molecule has 0 atom stereocenters. The number of fused-ring (bicyclic) bond motifs is 1. The van der Waals surface area contributed by atoms with Crippen LogP contribution < -0.4 is 16.6 Å². The quantitative estimate of drug-likeness (QED) is 0.329. The van der Waals surface area contributed by atoms with E-state index in [2.05, 4.69) is 22.2 Å². The molecule has 1 aliphatic rings. The lowest BCUT2D eigenvalue weighted by molar-refractivity contribution is -0.153. The second-order valence-corrected chi connectivity index (χ2v) is 9.38. The molecular weight excluding hydrogens is 450 g/mol. The second-order valence-electron chi connectivity index (χ2n) is 9.38. The molecule has 0 bridgehead atoms. The van der Waals surface area contributed by atoms with Crippen molar-refractivity contribution in [1.29, 1.82) is 0 Å². The maximum atomic E-state index is 12.9. The summed E-state index contributed by atoms with van der Waals surface area (Å²) < 4.78 is 8.61. The van der Waals surface area contributed by atoms with Gasteiger partial charge in [0.1, 0.15) is 11.4 Å². The first-order valence-electron chi connectivity index (χ1n) is 13.1. The van der Waals surface area contributed by atoms with Crippen LogP contribution in [0, 0.1) is 0 Å². The van der Waals surface area contributed by atoms with E-state index in [0.29, 0.717) is 49.3 Å². The summed E-state index contributed by atoms with van der Waals surface area (Å²) in [6, 6.07) is 0. The highest BCUT2D eigenvalue weighted by molar-refractivity contribution is 5.88. The van der Waals surface area contributed by atoms with Crippen LogP contribution in [0.5, 0.6) is 0 Å². The summed E-state index contributed by atoms with van der Waals surface area (Å²) in [5.74, 6) is -0.0160. The standard InChI is InChI=1S/C25H39N5O5/c1-4-7-11-17-29-18(26-21-20(29)22(32)27-24(34)30(21)16-8-5-2)12-13-19(31)28-25(14-9-10-15-25)23(33)35-6-3/h4-17H2,1-3H3,(H,28,31)(H,27,32,34). The zero-order valence-electron chi connectivity index (χ0n) is 21.3. The smallest absolute Gasteiger partial charge is 0.331 e. The van der Waals surface area contributed by atoms with Crippen LogP contribution in [0.3, 0.4) is 0 Å². The topological polar surface area (TPSA) is 128 Å². The zero-order chi connectivity index (χ0) is 25.4. The van der Waals surface area contributed by atoms with Crippen molar-refractivity contribution in [2.24, 2.45) is 0 Å². The lowest BCUT2D eigenvalue weighted by atomic mass is 9.97. The first-order chi connectivity index (χ1) is 16.9. The molecule has 194 valence electrons. The van der Waals surface area contributed by atoms with E-state index in [9.17, 15) is 19.2 Å². The minimum atomic E-state index is -0.952. The number of nitrogens with zero attached hydrogens (tertiary/aromatic N) is 3. The number of rotatable bonds is 13. The Morgan fingerprint density at radius 1 is 1.03 bits per heavy atom. The molecule has 0 unspecified atom stereocenters. The third-order valence-corrected chi connectivity index (χ3v) is 6.76. The maximum Gasteiger partial charge on any atom is 0.331 e. The van der Waals surface area contributed by atoms with E-state index < -0.39 is 16.8 Å². The number of ether oxygens (including phenoxy) is 1. The predicted molar refractivity (Wildman–Crippen MR) is 133 cm³/mol. The number of hydrogen-bond acceptors (Lipinski definition) is 6. The van der Waals surface area contributed by atoms with Gasteiger partial charge in [-0.25, -0.2) is 14.6 Å². The summed E-state index contributed by atoms with van der Waals surface area (Å²) in [5, 5.41) is 2.94. The first kappa shape index (κ1) is 26.7. The van der Waals surface area contributed by atoms with E-state index in [4.69, 9.17) is 4.74 Å². The van der Waals surface area contributed by atoms with Gasteiger partial charge in [0, 0.05) is 25.9 Å². The number of amides is 1. The van der Waals surface area contributed by atoms with Gasteiger partial charge in [0.05, 0.1) is 6.61 Å². The summed E-state index contributed by atoms with van der Waals surface area (Å²) >= 11 is 0. The molecule has 0 radical (unpaired) electrons. The van der Waals surface area contributed by atoms with Crippen molar-refractivity contribution in [2.45, 2.75) is 110 Å². The van der Waals surface area contributed by atoms with Gasteiger partial charge >= 0.3 is 11.7 Å². The molecule has 3 rings (SSSR count). The average Bonchev–Trinajstić information content (AvgIpc) is 3.44. The van der Waals surface area contributed by atoms with Gasteiger partial charge in [0.25, 0.3) is 5.56 Å². The van der Waals surface area contributed by atoms with Crippen molar-refractivity contribution >= 4 is 23.0 Å². The summed E-state index contributed by atoms with van der Waals surface area (Å²) in [4.78, 5) is 57.9. The van der Waals surface area contributed by atoms with Crippen molar-refractivity contribution in [2.75, 3.05) is 6.61 Å². The normalized spacial score (nSPS) is 14.9. The molecule has 2 N–H and O–H groups in total. The highest BCUT2D eigenvalue weighted by Gasteiger charge is 2.43. The number of nitrogens with one attached hydrogen (secondary N) is 2. The van der Waals surface area contributed by atoms with Crippen LogP contribution in [0.2, 0.25) is 0 Å². The lowest BCUT2D eigenvalue weighted by Gasteiger charge is -2.27.